The molecule has 1 unspecified atom stereocenters. The normalized spacial score (nSPS) is 12.5. The summed E-state index contributed by atoms with van der Waals surface area (Å²) in [6.45, 7) is 0. The first-order chi connectivity index (χ1) is 9.02. The monoisotopic (exact) mass is 362 g/mol. The van der Waals surface area contributed by atoms with Gasteiger partial charge in [0.2, 0.25) is 0 Å². The second kappa shape index (κ2) is 6.20. The molecule has 19 heavy (non-hydrogen) atoms. The Morgan fingerprint density at radius 2 is 1.89 bits per heavy atom. The van der Waals surface area contributed by atoms with Gasteiger partial charge in [0.05, 0.1) is 10.5 Å². The maximum absolute atomic E-state index is 13.3. The highest BCUT2D eigenvalue weighted by atomic mass is 79.9. The Morgan fingerprint density at radius 1 is 1.16 bits per heavy atom. The Morgan fingerprint density at radius 3 is 2.53 bits per heavy atom. The fourth-order valence-electron chi connectivity index (χ4n) is 1.79. The van der Waals surface area contributed by atoms with Crippen LogP contribution in [0, 0.1) is 5.82 Å². The van der Waals surface area contributed by atoms with Crippen LogP contribution >= 0.6 is 39.1 Å². The molecule has 2 rings (SSSR count). The van der Waals surface area contributed by atoms with Crippen LogP contribution in [0.15, 0.2) is 40.9 Å². The molecule has 0 aliphatic carbocycles. The van der Waals surface area contributed by atoms with Crippen molar-refractivity contribution >= 4 is 39.1 Å². The maximum atomic E-state index is 13.3. The fourth-order valence-corrected chi connectivity index (χ4v) is 2.60. The van der Waals surface area contributed by atoms with E-state index >= 15 is 0 Å². The number of rotatable bonds is 3. The van der Waals surface area contributed by atoms with E-state index in [-0.39, 0.29) is 11.9 Å². The van der Waals surface area contributed by atoms with Crippen molar-refractivity contribution in [2.24, 2.45) is 5.84 Å². The summed E-state index contributed by atoms with van der Waals surface area (Å²) >= 11 is 15.3. The summed E-state index contributed by atoms with van der Waals surface area (Å²) in [6, 6.07) is 9.40. The third kappa shape index (κ3) is 3.27. The summed E-state index contributed by atoms with van der Waals surface area (Å²) in [7, 11) is 0. The van der Waals surface area contributed by atoms with Crippen LogP contribution in [0.5, 0.6) is 0 Å². The molecule has 0 saturated heterocycles. The Labute approximate surface area is 128 Å². The van der Waals surface area contributed by atoms with Gasteiger partial charge in [0.25, 0.3) is 0 Å². The van der Waals surface area contributed by atoms with Gasteiger partial charge in [-0.3, -0.25) is 5.84 Å². The summed E-state index contributed by atoms with van der Waals surface area (Å²) in [5, 5.41) is 1.09. The third-order valence-corrected chi connectivity index (χ3v) is 3.90. The molecule has 2 aromatic rings. The molecule has 0 spiro atoms. The summed E-state index contributed by atoms with van der Waals surface area (Å²) in [6.07, 6.45) is 0. The van der Waals surface area contributed by atoms with Gasteiger partial charge in [-0.25, -0.2) is 9.82 Å². The maximum Gasteiger partial charge on any atom is 0.137 e. The smallest absolute Gasteiger partial charge is 0.137 e. The topological polar surface area (TPSA) is 38.0 Å². The summed E-state index contributed by atoms with van der Waals surface area (Å²) in [5.74, 6) is 5.25. The number of hydrogen-bond acceptors (Lipinski definition) is 2. The van der Waals surface area contributed by atoms with Crippen molar-refractivity contribution in [3.63, 3.8) is 0 Å². The van der Waals surface area contributed by atoms with Crippen molar-refractivity contribution in [3.05, 3.63) is 67.9 Å². The molecular formula is C13H10BrCl2FN2. The summed E-state index contributed by atoms with van der Waals surface area (Å²) < 4.78 is 13.6. The van der Waals surface area contributed by atoms with Crippen LogP contribution in [0.25, 0.3) is 0 Å². The predicted molar refractivity (Wildman–Crippen MR) is 79.7 cm³/mol. The minimum absolute atomic E-state index is 0.336. The summed E-state index contributed by atoms with van der Waals surface area (Å²) in [5.41, 5.74) is 4.17. The molecule has 0 amide bonds. The predicted octanol–water partition coefficient (Wildman–Crippen LogP) is 4.45. The lowest BCUT2D eigenvalue weighted by Gasteiger charge is -2.19. The lowest BCUT2D eigenvalue weighted by molar-refractivity contribution is 0.610. The van der Waals surface area contributed by atoms with Crippen molar-refractivity contribution in [2.45, 2.75) is 6.04 Å². The Hall–Kier alpha value is -0.650. The van der Waals surface area contributed by atoms with E-state index in [1.807, 2.05) is 0 Å². The number of nitrogens with two attached hydrogens (primary N) is 1. The molecule has 0 aliphatic rings. The van der Waals surface area contributed by atoms with E-state index < -0.39 is 0 Å². The van der Waals surface area contributed by atoms with Gasteiger partial charge in [0, 0.05) is 10.0 Å². The van der Waals surface area contributed by atoms with E-state index in [2.05, 4.69) is 21.4 Å². The minimum atomic E-state index is -0.372. The average molecular weight is 364 g/mol. The molecule has 0 saturated carbocycles. The van der Waals surface area contributed by atoms with Gasteiger partial charge in [0.15, 0.2) is 0 Å². The van der Waals surface area contributed by atoms with Crippen LogP contribution in [0.1, 0.15) is 17.2 Å². The highest BCUT2D eigenvalue weighted by molar-refractivity contribution is 9.10. The first kappa shape index (κ1) is 14.8. The molecule has 3 N–H and O–H groups in total. The van der Waals surface area contributed by atoms with E-state index in [1.54, 1.807) is 30.3 Å². The molecule has 0 aromatic heterocycles. The number of hydrazine groups is 1. The second-order valence-electron chi connectivity index (χ2n) is 3.94. The van der Waals surface area contributed by atoms with Crippen LogP contribution < -0.4 is 11.3 Å². The SMILES string of the molecule is NNC(c1ccc(F)c(Br)c1)c1cc(Cl)ccc1Cl. The van der Waals surface area contributed by atoms with E-state index in [9.17, 15) is 4.39 Å². The lowest BCUT2D eigenvalue weighted by atomic mass is 9.99. The van der Waals surface area contributed by atoms with Gasteiger partial charge in [-0.1, -0.05) is 29.3 Å². The molecule has 6 heteroatoms. The van der Waals surface area contributed by atoms with E-state index in [4.69, 9.17) is 29.0 Å². The van der Waals surface area contributed by atoms with Gasteiger partial charge in [0.1, 0.15) is 5.82 Å². The van der Waals surface area contributed by atoms with Gasteiger partial charge < -0.3 is 0 Å². The molecule has 0 radical (unpaired) electrons. The average Bonchev–Trinajstić information content (AvgIpc) is 2.38. The van der Waals surface area contributed by atoms with Crippen molar-refractivity contribution in [2.75, 3.05) is 0 Å². The van der Waals surface area contributed by atoms with E-state index in [0.29, 0.717) is 14.5 Å². The molecule has 1 atom stereocenters. The summed E-state index contributed by atoms with van der Waals surface area (Å²) in [4.78, 5) is 0. The zero-order valence-corrected chi connectivity index (χ0v) is 12.7. The molecule has 100 valence electrons. The zero-order valence-electron chi connectivity index (χ0n) is 9.63. The van der Waals surface area contributed by atoms with Gasteiger partial charge in [-0.15, -0.1) is 0 Å². The van der Waals surface area contributed by atoms with Crippen LogP contribution in [-0.4, -0.2) is 0 Å². The molecule has 0 aliphatic heterocycles. The highest BCUT2D eigenvalue weighted by Crippen LogP contribution is 2.31. The Balaban J connectivity index is 2.49. The quantitative estimate of drug-likeness (QED) is 0.624. The molecule has 0 fully saturated rings. The van der Waals surface area contributed by atoms with Gasteiger partial charge in [-0.2, -0.15) is 0 Å². The standard InChI is InChI=1S/C13H10BrCl2FN2/c14-10-5-7(1-4-12(10)17)13(19-18)9-6-8(15)2-3-11(9)16/h1-6,13,19H,18H2. The number of benzene rings is 2. The van der Waals surface area contributed by atoms with Crippen LogP contribution in [-0.2, 0) is 0 Å². The first-order valence-electron chi connectivity index (χ1n) is 5.39. The number of halogens is 4. The third-order valence-electron chi connectivity index (χ3n) is 2.71. The second-order valence-corrected chi connectivity index (χ2v) is 5.64. The van der Waals surface area contributed by atoms with Crippen molar-refractivity contribution in [1.82, 2.24) is 5.43 Å². The van der Waals surface area contributed by atoms with Crippen LogP contribution in [0.3, 0.4) is 0 Å². The molecular weight excluding hydrogens is 354 g/mol. The molecule has 0 heterocycles. The first-order valence-corrected chi connectivity index (χ1v) is 6.94. The van der Waals surface area contributed by atoms with Crippen molar-refractivity contribution in [3.8, 4) is 0 Å². The van der Waals surface area contributed by atoms with Gasteiger partial charge in [-0.05, 0) is 57.4 Å². The minimum Gasteiger partial charge on any atom is -0.271 e. The zero-order chi connectivity index (χ0) is 14.0. The van der Waals surface area contributed by atoms with E-state index in [0.717, 1.165) is 11.1 Å². The molecule has 2 aromatic carbocycles. The fraction of sp³-hybridized carbons (Fsp3) is 0.0769. The largest absolute Gasteiger partial charge is 0.271 e. The lowest BCUT2D eigenvalue weighted by Crippen LogP contribution is -2.29. The van der Waals surface area contributed by atoms with Gasteiger partial charge >= 0.3 is 0 Å². The Kier molecular flexibility index (Phi) is 4.81. The van der Waals surface area contributed by atoms with Crippen molar-refractivity contribution < 1.29 is 4.39 Å². The van der Waals surface area contributed by atoms with Crippen molar-refractivity contribution in [1.29, 1.82) is 0 Å². The van der Waals surface area contributed by atoms with E-state index in [1.165, 1.54) is 6.07 Å². The number of nitrogens with one attached hydrogen (secondary N) is 1. The Bertz CT molecular complexity index is 607. The van der Waals surface area contributed by atoms with Crippen LogP contribution in [0.2, 0.25) is 10.0 Å². The highest BCUT2D eigenvalue weighted by Gasteiger charge is 2.17. The number of hydrogen-bond donors (Lipinski definition) is 2. The van der Waals surface area contributed by atoms with Crippen LogP contribution in [0.4, 0.5) is 4.39 Å². The molecule has 2 nitrogen and oxygen atoms in total. The molecule has 0 bridgehead atoms.